The number of hydrogen-bond donors (Lipinski definition) is 1. The Balaban J connectivity index is 2.39. The first-order valence-corrected chi connectivity index (χ1v) is 12.0. The van der Waals surface area contributed by atoms with Crippen molar-refractivity contribution in [3.8, 4) is 0 Å². The number of carbonyl (C=O) groups is 2. The zero-order valence-electron chi connectivity index (χ0n) is 17.7. The number of anilines is 1. The predicted molar refractivity (Wildman–Crippen MR) is 124 cm³/mol. The first-order chi connectivity index (χ1) is 14.4. The van der Waals surface area contributed by atoms with Crippen molar-refractivity contribution in [1.82, 2.24) is 10.2 Å². The number of nitrogens with zero attached hydrogens (tertiary/aromatic N) is 2. The molecule has 0 heterocycles. The van der Waals surface area contributed by atoms with Crippen molar-refractivity contribution < 1.29 is 18.0 Å². The van der Waals surface area contributed by atoms with Crippen molar-refractivity contribution in [3.63, 3.8) is 0 Å². The summed E-state index contributed by atoms with van der Waals surface area (Å²) in [5.41, 5.74) is 2.08. The normalized spacial score (nSPS) is 12.2. The standard InChI is InChI=1S/C21H25Cl2N3O4S/c1-14-5-7-16(8-6-14)12-25(15(2)21(28)24-3)20(27)13-26(31(4,29)30)17-9-10-18(22)19(23)11-17/h5-11,15H,12-13H2,1-4H3,(H,24,28)/t15-/m1/s1. The first kappa shape index (κ1) is 25.0. The third kappa shape index (κ3) is 6.59. The van der Waals surface area contributed by atoms with E-state index < -0.39 is 28.5 Å². The molecule has 1 N–H and O–H groups in total. The molecule has 2 amide bonds. The molecular weight excluding hydrogens is 461 g/mol. The van der Waals surface area contributed by atoms with Gasteiger partial charge < -0.3 is 10.2 Å². The zero-order valence-corrected chi connectivity index (χ0v) is 20.1. The van der Waals surface area contributed by atoms with E-state index in [1.165, 1.54) is 30.1 Å². The number of hydrogen-bond acceptors (Lipinski definition) is 4. The van der Waals surface area contributed by atoms with E-state index in [4.69, 9.17) is 23.2 Å². The molecule has 0 saturated heterocycles. The Kier molecular flexibility index (Phi) is 8.34. The molecule has 0 saturated carbocycles. The maximum atomic E-state index is 13.2. The van der Waals surface area contributed by atoms with Gasteiger partial charge in [0, 0.05) is 13.6 Å². The van der Waals surface area contributed by atoms with Crippen LogP contribution in [0.3, 0.4) is 0 Å². The van der Waals surface area contributed by atoms with Crippen molar-refractivity contribution in [1.29, 1.82) is 0 Å². The maximum Gasteiger partial charge on any atom is 0.244 e. The Morgan fingerprint density at radius 2 is 1.68 bits per heavy atom. The van der Waals surface area contributed by atoms with Gasteiger partial charge >= 0.3 is 0 Å². The molecule has 168 valence electrons. The van der Waals surface area contributed by atoms with Crippen LogP contribution in [0.1, 0.15) is 18.1 Å². The van der Waals surface area contributed by atoms with E-state index >= 15 is 0 Å². The Bertz CT molecular complexity index is 1060. The molecule has 1 atom stereocenters. The van der Waals surface area contributed by atoms with E-state index in [0.717, 1.165) is 21.7 Å². The van der Waals surface area contributed by atoms with Gasteiger partial charge in [-0.1, -0.05) is 53.0 Å². The molecule has 0 fully saturated rings. The van der Waals surface area contributed by atoms with Crippen LogP contribution in [0, 0.1) is 6.92 Å². The van der Waals surface area contributed by atoms with Crippen LogP contribution < -0.4 is 9.62 Å². The summed E-state index contributed by atoms with van der Waals surface area (Å²) in [6.07, 6.45) is 0.995. The highest BCUT2D eigenvalue weighted by Crippen LogP contribution is 2.28. The van der Waals surface area contributed by atoms with E-state index in [2.05, 4.69) is 5.32 Å². The molecule has 10 heteroatoms. The molecule has 2 aromatic rings. The van der Waals surface area contributed by atoms with Gasteiger partial charge in [0.25, 0.3) is 0 Å². The predicted octanol–water partition coefficient (Wildman–Crippen LogP) is 3.23. The van der Waals surface area contributed by atoms with Crippen molar-refractivity contribution >= 4 is 50.7 Å². The van der Waals surface area contributed by atoms with Gasteiger partial charge in [0.1, 0.15) is 12.6 Å². The average Bonchev–Trinajstić information content (AvgIpc) is 2.71. The van der Waals surface area contributed by atoms with Gasteiger partial charge in [-0.3, -0.25) is 13.9 Å². The largest absolute Gasteiger partial charge is 0.357 e. The van der Waals surface area contributed by atoms with Gasteiger partial charge in [-0.15, -0.1) is 0 Å². The van der Waals surface area contributed by atoms with Crippen molar-refractivity contribution in [3.05, 3.63) is 63.6 Å². The zero-order chi connectivity index (χ0) is 23.3. The van der Waals surface area contributed by atoms with Gasteiger partial charge in [-0.25, -0.2) is 8.42 Å². The third-order valence-electron chi connectivity index (χ3n) is 4.76. The smallest absolute Gasteiger partial charge is 0.244 e. The highest BCUT2D eigenvalue weighted by Gasteiger charge is 2.29. The lowest BCUT2D eigenvalue weighted by molar-refractivity contribution is -0.139. The van der Waals surface area contributed by atoms with E-state index in [1.54, 1.807) is 6.92 Å². The number of benzene rings is 2. The number of rotatable bonds is 8. The summed E-state index contributed by atoms with van der Waals surface area (Å²) in [5.74, 6) is -0.894. The Hall–Kier alpha value is -2.29. The molecule has 2 rings (SSSR count). The third-order valence-corrected chi connectivity index (χ3v) is 6.64. The average molecular weight is 486 g/mol. The first-order valence-electron chi connectivity index (χ1n) is 9.43. The second-order valence-corrected chi connectivity index (χ2v) is 9.89. The van der Waals surface area contributed by atoms with E-state index in [0.29, 0.717) is 0 Å². The summed E-state index contributed by atoms with van der Waals surface area (Å²) in [4.78, 5) is 26.9. The summed E-state index contributed by atoms with van der Waals surface area (Å²) in [5, 5.41) is 2.95. The molecule has 0 aliphatic heterocycles. The highest BCUT2D eigenvalue weighted by molar-refractivity contribution is 7.92. The topological polar surface area (TPSA) is 86.8 Å². The minimum absolute atomic E-state index is 0.146. The molecule has 7 nitrogen and oxygen atoms in total. The van der Waals surface area contributed by atoms with Crippen LogP contribution >= 0.6 is 23.2 Å². The molecule has 31 heavy (non-hydrogen) atoms. The van der Waals surface area contributed by atoms with Crippen molar-refractivity contribution in [2.75, 3.05) is 24.2 Å². The fourth-order valence-electron chi connectivity index (χ4n) is 2.94. The maximum absolute atomic E-state index is 13.2. The number of nitrogens with one attached hydrogen (secondary N) is 1. The fourth-order valence-corrected chi connectivity index (χ4v) is 4.07. The van der Waals surface area contributed by atoms with Gasteiger partial charge in [0.2, 0.25) is 21.8 Å². The molecule has 0 aliphatic carbocycles. The van der Waals surface area contributed by atoms with Crippen molar-refractivity contribution in [2.24, 2.45) is 0 Å². The van der Waals surface area contributed by atoms with Gasteiger partial charge in [-0.05, 0) is 37.6 Å². The number of amides is 2. The molecule has 0 radical (unpaired) electrons. The van der Waals surface area contributed by atoms with Gasteiger partial charge in [-0.2, -0.15) is 0 Å². The van der Waals surface area contributed by atoms with E-state index in [9.17, 15) is 18.0 Å². The van der Waals surface area contributed by atoms with Crippen LogP contribution in [-0.2, 0) is 26.2 Å². The van der Waals surface area contributed by atoms with Gasteiger partial charge in [0.15, 0.2) is 0 Å². The molecule has 0 aliphatic rings. The quantitative estimate of drug-likeness (QED) is 0.621. The van der Waals surface area contributed by atoms with E-state index in [1.807, 2.05) is 31.2 Å². The molecule has 2 aromatic carbocycles. The second kappa shape index (κ2) is 10.3. The molecular formula is C21H25Cl2N3O4S. The lowest BCUT2D eigenvalue weighted by Gasteiger charge is -2.31. The summed E-state index contributed by atoms with van der Waals surface area (Å²) in [7, 11) is -2.34. The number of aryl methyl sites for hydroxylation is 1. The highest BCUT2D eigenvalue weighted by atomic mass is 35.5. The molecule has 0 unspecified atom stereocenters. The minimum atomic E-state index is -3.82. The summed E-state index contributed by atoms with van der Waals surface area (Å²) in [6, 6.07) is 11.0. The monoisotopic (exact) mass is 485 g/mol. The van der Waals surface area contributed by atoms with Crippen LogP contribution in [0.5, 0.6) is 0 Å². The summed E-state index contributed by atoms with van der Waals surface area (Å²) < 4.78 is 25.8. The van der Waals surface area contributed by atoms with Crippen LogP contribution in [-0.4, -0.2) is 51.0 Å². The summed E-state index contributed by atoms with van der Waals surface area (Å²) in [6.45, 7) is 3.19. The fraction of sp³-hybridized carbons (Fsp3) is 0.333. The lowest BCUT2D eigenvalue weighted by atomic mass is 10.1. The number of carbonyl (C=O) groups excluding carboxylic acids is 2. The Morgan fingerprint density at radius 3 is 2.19 bits per heavy atom. The van der Waals surface area contributed by atoms with Crippen LogP contribution in [0.15, 0.2) is 42.5 Å². The van der Waals surface area contributed by atoms with Crippen LogP contribution in [0.2, 0.25) is 10.0 Å². The second-order valence-electron chi connectivity index (χ2n) is 7.17. The molecule has 0 bridgehead atoms. The Labute approximate surface area is 193 Å². The Morgan fingerprint density at radius 1 is 1.06 bits per heavy atom. The summed E-state index contributed by atoms with van der Waals surface area (Å²) >= 11 is 12.0. The van der Waals surface area contributed by atoms with E-state index in [-0.39, 0.29) is 28.2 Å². The number of likely N-dealkylation sites (N-methyl/N-ethyl adjacent to an activating group) is 1. The van der Waals surface area contributed by atoms with Gasteiger partial charge in [0.05, 0.1) is 22.0 Å². The number of halogens is 2. The molecule has 0 spiro atoms. The SMILES string of the molecule is CNC(=O)[C@@H](C)N(Cc1ccc(C)cc1)C(=O)CN(c1ccc(Cl)c(Cl)c1)S(C)(=O)=O. The van der Waals surface area contributed by atoms with Crippen LogP contribution in [0.25, 0.3) is 0 Å². The van der Waals surface area contributed by atoms with Crippen molar-refractivity contribution in [2.45, 2.75) is 26.4 Å². The molecule has 0 aromatic heterocycles. The lowest BCUT2D eigenvalue weighted by Crippen LogP contribution is -2.50. The number of sulfonamides is 1. The van der Waals surface area contributed by atoms with Crippen LogP contribution in [0.4, 0.5) is 5.69 Å². The minimum Gasteiger partial charge on any atom is -0.357 e.